The number of hydrogen-bond donors (Lipinski definition) is 1. The van der Waals surface area contributed by atoms with Crippen molar-refractivity contribution in [1.82, 2.24) is 0 Å². The van der Waals surface area contributed by atoms with Crippen LogP contribution in [-0.2, 0) is 0 Å². The zero-order valence-corrected chi connectivity index (χ0v) is 7.23. The molecule has 1 nitrogen and oxygen atoms in total. The van der Waals surface area contributed by atoms with Crippen molar-refractivity contribution in [1.29, 1.82) is 0 Å². The van der Waals surface area contributed by atoms with Gasteiger partial charge >= 0.3 is 0 Å². The summed E-state index contributed by atoms with van der Waals surface area (Å²) in [6.45, 7) is 7.70. The molecule has 1 heteroatoms. The molecule has 0 amide bonds. The van der Waals surface area contributed by atoms with E-state index in [1.807, 2.05) is 20.8 Å². The van der Waals surface area contributed by atoms with Gasteiger partial charge in [-0.25, -0.2) is 0 Å². The standard InChI is InChI=1S/C9H16O/c1-6-7-9(5,10)8(2,3)4/h1,10H,7H2,2-5H3/t9-/m1/s1. The van der Waals surface area contributed by atoms with Crippen molar-refractivity contribution in [2.24, 2.45) is 5.41 Å². The first-order chi connectivity index (χ1) is 4.31. The third-order valence-electron chi connectivity index (χ3n) is 2.06. The molecule has 0 fully saturated rings. The highest BCUT2D eigenvalue weighted by Crippen LogP contribution is 2.31. The molecular weight excluding hydrogens is 124 g/mol. The van der Waals surface area contributed by atoms with Gasteiger partial charge in [-0.05, 0) is 12.3 Å². The van der Waals surface area contributed by atoms with Gasteiger partial charge < -0.3 is 5.11 Å². The van der Waals surface area contributed by atoms with Gasteiger partial charge in [0.1, 0.15) is 0 Å². The predicted molar refractivity (Wildman–Crippen MR) is 43.5 cm³/mol. The number of hydrogen-bond acceptors (Lipinski definition) is 1. The van der Waals surface area contributed by atoms with Crippen molar-refractivity contribution in [2.45, 2.75) is 39.7 Å². The smallest absolute Gasteiger partial charge is 0.0776 e. The zero-order chi connectivity index (χ0) is 8.41. The van der Waals surface area contributed by atoms with Gasteiger partial charge in [-0.3, -0.25) is 0 Å². The summed E-state index contributed by atoms with van der Waals surface area (Å²) in [6, 6.07) is 0. The molecule has 0 radical (unpaired) electrons. The summed E-state index contributed by atoms with van der Waals surface area (Å²) < 4.78 is 0. The van der Waals surface area contributed by atoms with Gasteiger partial charge in [-0.2, -0.15) is 0 Å². The topological polar surface area (TPSA) is 20.2 Å². The van der Waals surface area contributed by atoms with Gasteiger partial charge in [0, 0.05) is 6.42 Å². The van der Waals surface area contributed by atoms with Crippen LogP contribution >= 0.6 is 0 Å². The Balaban J connectivity index is 4.28. The molecule has 58 valence electrons. The minimum atomic E-state index is -0.748. The van der Waals surface area contributed by atoms with E-state index in [2.05, 4.69) is 5.92 Å². The van der Waals surface area contributed by atoms with E-state index in [1.54, 1.807) is 6.92 Å². The summed E-state index contributed by atoms with van der Waals surface area (Å²) in [4.78, 5) is 0. The first kappa shape index (κ1) is 9.52. The monoisotopic (exact) mass is 140 g/mol. The van der Waals surface area contributed by atoms with Crippen LogP contribution in [0.4, 0.5) is 0 Å². The van der Waals surface area contributed by atoms with Crippen molar-refractivity contribution in [3.63, 3.8) is 0 Å². The van der Waals surface area contributed by atoms with Crippen LogP contribution in [0, 0.1) is 17.8 Å². The van der Waals surface area contributed by atoms with Gasteiger partial charge in [0.2, 0.25) is 0 Å². The Kier molecular flexibility index (Phi) is 2.51. The Hall–Kier alpha value is -0.480. The molecule has 0 bridgehead atoms. The minimum absolute atomic E-state index is 0.140. The molecule has 10 heavy (non-hydrogen) atoms. The van der Waals surface area contributed by atoms with Crippen LogP contribution in [0.25, 0.3) is 0 Å². The third-order valence-corrected chi connectivity index (χ3v) is 2.06. The first-order valence-electron chi connectivity index (χ1n) is 3.47. The molecule has 1 N–H and O–H groups in total. The van der Waals surface area contributed by atoms with E-state index in [9.17, 15) is 5.11 Å². The molecule has 0 aromatic heterocycles. The lowest BCUT2D eigenvalue weighted by Crippen LogP contribution is -2.39. The molecule has 0 saturated heterocycles. The Morgan fingerprint density at radius 2 is 1.70 bits per heavy atom. The lowest BCUT2D eigenvalue weighted by Gasteiger charge is -2.35. The minimum Gasteiger partial charge on any atom is -0.389 e. The second-order valence-electron chi connectivity index (χ2n) is 3.90. The second-order valence-corrected chi connectivity index (χ2v) is 3.90. The SMILES string of the molecule is C#CC[C@@](C)(O)C(C)(C)C. The van der Waals surface area contributed by atoms with E-state index in [4.69, 9.17) is 6.42 Å². The van der Waals surface area contributed by atoms with Gasteiger partial charge in [0.05, 0.1) is 5.60 Å². The fourth-order valence-corrected chi connectivity index (χ4v) is 0.464. The fraction of sp³-hybridized carbons (Fsp3) is 0.778. The van der Waals surface area contributed by atoms with Crippen LogP contribution < -0.4 is 0 Å². The van der Waals surface area contributed by atoms with E-state index < -0.39 is 5.60 Å². The van der Waals surface area contributed by atoms with Crippen molar-refractivity contribution in [3.8, 4) is 12.3 Å². The normalized spacial score (nSPS) is 17.6. The molecule has 0 aromatic rings. The maximum Gasteiger partial charge on any atom is 0.0776 e. The molecule has 1 atom stereocenters. The Morgan fingerprint density at radius 1 is 1.30 bits per heavy atom. The highest BCUT2D eigenvalue weighted by atomic mass is 16.3. The number of rotatable bonds is 1. The number of terminal acetylenes is 1. The van der Waals surface area contributed by atoms with Crippen LogP contribution in [0.1, 0.15) is 34.1 Å². The fourth-order valence-electron chi connectivity index (χ4n) is 0.464. The highest BCUT2D eigenvalue weighted by molar-refractivity contribution is 4.98. The summed E-state index contributed by atoms with van der Waals surface area (Å²) in [7, 11) is 0. The summed E-state index contributed by atoms with van der Waals surface area (Å²) in [6.07, 6.45) is 5.51. The lowest BCUT2D eigenvalue weighted by atomic mass is 9.76. The molecule has 0 rings (SSSR count). The second kappa shape index (κ2) is 2.64. The molecular formula is C9H16O. The molecule has 0 saturated carbocycles. The van der Waals surface area contributed by atoms with Crippen LogP contribution in [0.15, 0.2) is 0 Å². The van der Waals surface area contributed by atoms with Crippen molar-refractivity contribution in [3.05, 3.63) is 0 Å². The number of aliphatic hydroxyl groups is 1. The van der Waals surface area contributed by atoms with E-state index in [-0.39, 0.29) is 5.41 Å². The molecule has 0 unspecified atom stereocenters. The third kappa shape index (κ3) is 2.04. The van der Waals surface area contributed by atoms with Crippen molar-refractivity contribution in [2.75, 3.05) is 0 Å². The maximum absolute atomic E-state index is 9.71. The van der Waals surface area contributed by atoms with Gasteiger partial charge in [-0.15, -0.1) is 12.3 Å². The van der Waals surface area contributed by atoms with Gasteiger partial charge in [0.15, 0.2) is 0 Å². The summed E-state index contributed by atoms with van der Waals surface area (Å²) in [5, 5.41) is 9.71. The molecule has 0 aliphatic rings. The average Bonchev–Trinajstić information content (AvgIpc) is 1.61. The Morgan fingerprint density at radius 3 is 1.80 bits per heavy atom. The van der Waals surface area contributed by atoms with Crippen LogP contribution in [0.5, 0.6) is 0 Å². The van der Waals surface area contributed by atoms with Gasteiger partial charge in [0.25, 0.3) is 0 Å². The van der Waals surface area contributed by atoms with Gasteiger partial charge in [-0.1, -0.05) is 20.8 Å². The van der Waals surface area contributed by atoms with E-state index in [1.165, 1.54) is 0 Å². The zero-order valence-electron chi connectivity index (χ0n) is 7.23. The summed E-state index contributed by atoms with van der Waals surface area (Å²) in [5.41, 5.74) is -0.888. The quantitative estimate of drug-likeness (QED) is 0.551. The van der Waals surface area contributed by atoms with E-state index in [0.717, 1.165) is 0 Å². The Bertz CT molecular complexity index is 143. The maximum atomic E-state index is 9.71. The van der Waals surface area contributed by atoms with Crippen molar-refractivity contribution < 1.29 is 5.11 Å². The average molecular weight is 140 g/mol. The van der Waals surface area contributed by atoms with Crippen LogP contribution in [-0.4, -0.2) is 10.7 Å². The van der Waals surface area contributed by atoms with E-state index in [0.29, 0.717) is 6.42 Å². The molecule has 0 aromatic carbocycles. The summed E-state index contributed by atoms with van der Waals surface area (Å²) >= 11 is 0. The molecule has 0 spiro atoms. The highest BCUT2D eigenvalue weighted by Gasteiger charge is 2.33. The van der Waals surface area contributed by atoms with Crippen LogP contribution in [0.3, 0.4) is 0 Å². The Labute approximate surface area is 63.5 Å². The first-order valence-corrected chi connectivity index (χ1v) is 3.47. The van der Waals surface area contributed by atoms with E-state index >= 15 is 0 Å². The molecule has 0 aliphatic heterocycles. The largest absolute Gasteiger partial charge is 0.389 e. The van der Waals surface area contributed by atoms with Crippen LogP contribution in [0.2, 0.25) is 0 Å². The molecule has 0 heterocycles. The predicted octanol–water partition coefficient (Wildman–Crippen LogP) is 1.81. The molecule has 0 aliphatic carbocycles. The van der Waals surface area contributed by atoms with Crippen molar-refractivity contribution >= 4 is 0 Å². The lowest BCUT2D eigenvalue weighted by molar-refractivity contribution is -0.0364. The summed E-state index contributed by atoms with van der Waals surface area (Å²) in [5.74, 6) is 2.46.